The summed E-state index contributed by atoms with van der Waals surface area (Å²) >= 11 is 2.24. The Labute approximate surface area is 119 Å². The van der Waals surface area contributed by atoms with Gasteiger partial charge >= 0.3 is 0 Å². The fourth-order valence-corrected chi connectivity index (χ4v) is 2.48. The minimum atomic E-state index is 0.0839. The standard InChI is InChI=1S/C13H12IN3O/c14-11-3-1-10(2-4-11)13(18)17-8-7-16-6-5-15-12(16)9-17/h1-6H,7-9H2. The van der Waals surface area contributed by atoms with Crippen LogP contribution in [0, 0.1) is 3.57 Å². The molecule has 2 aromatic rings. The van der Waals surface area contributed by atoms with Gasteiger partial charge in [0.25, 0.3) is 5.91 Å². The fourth-order valence-electron chi connectivity index (χ4n) is 2.12. The molecule has 0 bridgehead atoms. The van der Waals surface area contributed by atoms with Crippen molar-refractivity contribution in [3.8, 4) is 0 Å². The Morgan fingerprint density at radius 3 is 2.78 bits per heavy atom. The van der Waals surface area contributed by atoms with E-state index in [9.17, 15) is 4.79 Å². The normalized spacial score (nSPS) is 14.4. The molecule has 1 aliphatic heterocycles. The molecule has 1 aromatic carbocycles. The van der Waals surface area contributed by atoms with Gasteiger partial charge in [0.1, 0.15) is 5.82 Å². The van der Waals surface area contributed by atoms with Crippen molar-refractivity contribution in [1.82, 2.24) is 14.5 Å². The smallest absolute Gasteiger partial charge is 0.254 e. The van der Waals surface area contributed by atoms with Crippen molar-refractivity contribution in [3.05, 3.63) is 51.6 Å². The summed E-state index contributed by atoms with van der Waals surface area (Å²) in [6.07, 6.45) is 3.75. The van der Waals surface area contributed by atoms with Crippen LogP contribution in [0.15, 0.2) is 36.7 Å². The highest BCUT2D eigenvalue weighted by molar-refractivity contribution is 14.1. The molecule has 0 unspecified atom stereocenters. The predicted molar refractivity (Wildman–Crippen MR) is 76.1 cm³/mol. The molecule has 2 heterocycles. The van der Waals surface area contributed by atoms with Gasteiger partial charge in [-0.2, -0.15) is 0 Å². The molecule has 0 atom stereocenters. The summed E-state index contributed by atoms with van der Waals surface area (Å²) in [6, 6.07) is 7.67. The van der Waals surface area contributed by atoms with E-state index in [1.807, 2.05) is 35.4 Å². The molecule has 0 spiro atoms. The Hall–Kier alpha value is -1.37. The average Bonchev–Trinajstić information content (AvgIpc) is 2.86. The summed E-state index contributed by atoms with van der Waals surface area (Å²) < 4.78 is 3.23. The van der Waals surface area contributed by atoms with Crippen LogP contribution in [0.1, 0.15) is 16.2 Å². The van der Waals surface area contributed by atoms with Gasteiger partial charge in [-0.05, 0) is 46.9 Å². The molecule has 0 aliphatic carbocycles. The quantitative estimate of drug-likeness (QED) is 0.737. The topological polar surface area (TPSA) is 38.1 Å². The molecule has 1 aromatic heterocycles. The number of halogens is 1. The van der Waals surface area contributed by atoms with Gasteiger partial charge < -0.3 is 9.47 Å². The zero-order chi connectivity index (χ0) is 12.5. The van der Waals surface area contributed by atoms with Crippen LogP contribution in [0.2, 0.25) is 0 Å². The van der Waals surface area contributed by atoms with Gasteiger partial charge in [0.05, 0.1) is 6.54 Å². The van der Waals surface area contributed by atoms with Crippen molar-refractivity contribution < 1.29 is 4.79 Å². The lowest BCUT2D eigenvalue weighted by Gasteiger charge is -2.27. The van der Waals surface area contributed by atoms with E-state index >= 15 is 0 Å². The van der Waals surface area contributed by atoms with Crippen LogP contribution >= 0.6 is 22.6 Å². The fraction of sp³-hybridized carbons (Fsp3) is 0.231. The largest absolute Gasteiger partial charge is 0.332 e. The zero-order valence-electron chi connectivity index (χ0n) is 9.71. The lowest BCUT2D eigenvalue weighted by Crippen LogP contribution is -2.38. The molecule has 0 fully saturated rings. The number of imidazole rings is 1. The Morgan fingerprint density at radius 2 is 2.00 bits per heavy atom. The van der Waals surface area contributed by atoms with Crippen LogP contribution in [0.25, 0.3) is 0 Å². The van der Waals surface area contributed by atoms with Crippen LogP contribution < -0.4 is 0 Å². The third kappa shape index (κ3) is 2.14. The van der Waals surface area contributed by atoms with E-state index in [0.29, 0.717) is 6.54 Å². The first-order valence-electron chi connectivity index (χ1n) is 5.79. The number of hydrogen-bond acceptors (Lipinski definition) is 2. The Kier molecular flexibility index (Phi) is 3.07. The molecule has 92 valence electrons. The summed E-state index contributed by atoms with van der Waals surface area (Å²) in [7, 11) is 0. The molecular formula is C13H12IN3O. The van der Waals surface area contributed by atoms with Gasteiger partial charge in [-0.25, -0.2) is 4.98 Å². The van der Waals surface area contributed by atoms with Gasteiger partial charge in [0.15, 0.2) is 0 Å². The molecule has 1 amide bonds. The van der Waals surface area contributed by atoms with Gasteiger partial charge in [-0.3, -0.25) is 4.79 Å². The van der Waals surface area contributed by atoms with E-state index in [0.717, 1.165) is 28.0 Å². The number of benzene rings is 1. The Morgan fingerprint density at radius 1 is 1.22 bits per heavy atom. The highest BCUT2D eigenvalue weighted by Gasteiger charge is 2.21. The van der Waals surface area contributed by atoms with Crippen LogP contribution in [0.5, 0.6) is 0 Å². The van der Waals surface area contributed by atoms with Crippen LogP contribution in [-0.4, -0.2) is 26.9 Å². The number of nitrogens with zero attached hydrogens (tertiary/aromatic N) is 3. The molecule has 0 N–H and O–H groups in total. The molecule has 1 aliphatic rings. The maximum Gasteiger partial charge on any atom is 0.254 e. The highest BCUT2D eigenvalue weighted by atomic mass is 127. The summed E-state index contributed by atoms with van der Waals surface area (Å²) in [5, 5.41) is 0. The lowest BCUT2D eigenvalue weighted by atomic mass is 10.2. The maximum atomic E-state index is 12.3. The second-order valence-corrected chi connectivity index (χ2v) is 5.52. The van der Waals surface area contributed by atoms with Crippen molar-refractivity contribution >= 4 is 28.5 Å². The van der Waals surface area contributed by atoms with E-state index in [-0.39, 0.29) is 5.91 Å². The van der Waals surface area contributed by atoms with Crippen molar-refractivity contribution in [3.63, 3.8) is 0 Å². The van der Waals surface area contributed by atoms with Crippen molar-refractivity contribution in [1.29, 1.82) is 0 Å². The lowest BCUT2D eigenvalue weighted by molar-refractivity contribution is 0.0707. The molecular weight excluding hydrogens is 341 g/mol. The molecule has 4 nitrogen and oxygen atoms in total. The number of carbonyl (C=O) groups is 1. The summed E-state index contributed by atoms with van der Waals surface area (Å²) in [5.41, 5.74) is 0.746. The maximum absolute atomic E-state index is 12.3. The SMILES string of the molecule is O=C(c1ccc(I)cc1)N1CCn2ccnc2C1. The predicted octanol–water partition coefficient (Wildman–Crippen LogP) is 2.14. The number of rotatable bonds is 1. The summed E-state index contributed by atoms with van der Waals surface area (Å²) in [4.78, 5) is 18.4. The first-order chi connectivity index (χ1) is 8.74. The van der Waals surface area contributed by atoms with Gasteiger partial charge in [0, 0.05) is 34.6 Å². The summed E-state index contributed by atoms with van der Waals surface area (Å²) in [5.74, 6) is 1.04. The van der Waals surface area contributed by atoms with E-state index in [2.05, 4.69) is 32.1 Å². The van der Waals surface area contributed by atoms with Gasteiger partial charge in [0.2, 0.25) is 0 Å². The van der Waals surface area contributed by atoms with Crippen molar-refractivity contribution in [2.75, 3.05) is 6.54 Å². The Balaban J connectivity index is 1.80. The zero-order valence-corrected chi connectivity index (χ0v) is 11.9. The molecule has 5 heteroatoms. The van der Waals surface area contributed by atoms with Crippen LogP contribution in [0.4, 0.5) is 0 Å². The van der Waals surface area contributed by atoms with E-state index < -0.39 is 0 Å². The van der Waals surface area contributed by atoms with Gasteiger partial charge in [-0.1, -0.05) is 0 Å². The first-order valence-corrected chi connectivity index (χ1v) is 6.87. The van der Waals surface area contributed by atoms with Crippen molar-refractivity contribution in [2.24, 2.45) is 0 Å². The summed E-state index contributed by atoms with van der Waals surface area (Å²) in [6.45, 7) is 2.16. The number of carbonyl (C=O) groups excluding carboxylic acids is 1. The number of amides is 1. The third-order valence-corrected chi connectivity index (χ3v) is 3.84. The number of aromatic nitrogens is 2. The molecule has 0 saturated carbocycles. The Bertz CT molecular complexity index is 576. The van der Waals surface area contributed by atoms with Crippen LogP contribution in [-0.2, 0) is 13.1 Å². The van der Waals surface area contributed by atoms with Gasteiger partial charge in [-0.15, -0.1) is 0 Å². The molecule has 0 saturated heterocycles. The minimum Gasteiger partial charge on any atom is -0.332 e. The molecule has 3 rings (SSSR count). The van der Waals surface area contributed by atoms with E-state index in [1.54, 1.807) is 6.20 Å². The number of fused-ring (bicyclic) bond motifs is 1. The second-order valence-electron chi connectivity index (χ2n) is 4.27. The number of hydrogen-bond donors (Lipinski definition) is 0. The monoisotopic (exact) mass is 353 g/mol. The third-order valence-electron chi connectivity index (χ3n) is 3.12. The first kappa shape index (κ1) is 11.7. The average molecular weight is 353 g/mol. The van der Waals surface area contributed by atoms with E-state index in [4.69, 9.17) is 0 Å². The van der Waals surface area contributed by atoms with Crippen LogP contribution in [0.3, 0.4) is 0 Å². The molecule has 18 heavy (non-hydrogen) atoms. The van der Waals surface area contributed by atoms with Crippen molar-refractivity contribution in [2.45, 2.75) is 13.1 Å². The second kappa shape index (κ2) is 4.72. The van der Waals surface area contributed by atoms with E-state index in [1.165, 1.54) is 0 Å². The minimum absolute atomic E-state index is 0.0839. The highest BCUT2D eigenvalue weighted by Crippen LogP contribution is 2.15. The molecule has 0 radical (unpaired) electrons.